The Morgan fingerprint density at radius 3 is 2.67 bits per heavy atom. The first-order valence-electron chi connectivity index (χ1n) is 7.39. The van der Waals surface area contributed by atoms with Crippen LogP contribution >= 0.6 is 0 Å². The summed E-state index contributed by atoms with van der Waals surface area (Å²) in [5, 5.41) is 10.8. The van der Waals surface area contributed by atoms with Gasteiger partial charge < -0.3 is 14.2 Å². The molecular formula is C17H15NO6. The summed E-state index contributed by atoms with van der Waals surface area (Å²) in [5.74, 6) is 0.550. The Kier molecular flexibility index (Phi) is 4.33. The molecule has 0 aromatic heterocycles. The number of carbonyl (C=O) groups is 1. The standard InChI is InChI=1S/C17H15NO6/c1-11(12-3-2-4-14(9-12)18(20)21)24-17(19)13-5-6-15-16(10-13)23-8-7-22-15/h2-6,9-11H,7-8H2,1H3. The van der Waals surface area contributed by atoms with Crippen LogP contribution in [0.5, 0.6) is 11.5 Å². The van der Waals surface area contributed by atoms with Crippen molar-refractivity contribution in [2.75, 3.05) is 13.2 Å². The maximum Gasteiger partial charge on any atom is 0.338 e. The highest BCUT2D eigenvalue weighted by atomic mass is 16.6. The van der Waals surface area contributed by atoms with Crippen molar-refractivity contribution in [1.29, 1.82) is 0 Å². The third-order valence-electron chi connectivity index (χ3n) is 3.61. The van der Waals surface area contributed by atoms with Crippen LogP contribution in [-0.4, -0.2) is 24.1 Å². The second-order valence-electron chi connectivity index (χ2n) is 5.26. The van der Waals surface area contributed by atoms with Crippen molar-refractivity contribution in [1.82, 2.24) is 0 Å². The van der Waals surface area contributed by atoms with Gasteiger partial charge in [-0.05, 0) is 30.7 Å². The zero-order valence-corrected chi connectivity index (χ0v) is 12.9. The van der Waals surface area contributed by atoms with Gasteiger partial charge in [-0.1, -0.05) is 12.1 Å². The smallest absolute Gasteiger partial charge is 0.338 e. The van der Waals surface area contributed by atoms with Crippen LogP contribution in [0.2, 0.25) is 0 Å². The molecule has 24 heavy (non-hydrogen) atoms. The van der Waals surface area contributed by atoms with E-state index in [0.29, 0.717) is 35.8 Å². The minimum Gasteiger partial charge on any atom is -0.486 e. The Hall–Kier alpha value is -3.09. The molecule has 1 atom stereocenters. The first-order chi connectivity index (χ1) is 11.5. The van der Waals surface area contributed by atoms with Gasteiger partial charge in [-0.2, -0.15) is 0 Å². The lowest BCUT2D eigenvalue weighted by molar-refractivity contribution is -0.385. The van der Waals surface area contributed by atoms with Crippen LogP contribution in [0.15, 0.2) is 42.5 Å². The third kappa shape index (κ3) is 3.29. The van der Waals surface area contributed by atoms with Gasteiger partial charge in [0.1, 0.15) is 19.3 Å². The summed E-state index contributed by atoms with van der Waals surface area (Å²) >= 11 is 0. The highest BCUT2D eigenvalue weighted by Gasteiger charge is 2.19. The molecule has 0 radical (unpaired) electrons. The number of hydrogen-bond donors (Lipinski definition) is 0. The lowest BCUT2D eigenvalue weighted by atomic mass is 10.1. The van der Waals surface area contributed by atoms with Crippen LogP contribution in [0.1, 0.15) is 28.9 Å². The van der Waals surface area contributed by atoms with Gasteiger partial charge in [0, 0.05) is 12.1 Å². The minimum atomic E-state index is -0.620. The molecule has 0 saturated heterocycles. The molecule has 7 heteroatoms. The van der Waals surface area contributed by atoms with Crippen LogP contribution in [0.25, 0.3) is 0 Å². The summed E-state index contributed by atoms with van der Waals surface area (Å²) in [7, 11) is 0. The summed E-state index contributed by atoms with van der Waals surface area (Å²) in [6, 6.07) is 10.8. The van der Waals surface area contributed by atoms with E-state index in [2.05, 4.69) is 0 Å². The summed E-state index contributed by atoms with van der Waals surface area (Å²) in [6.07, 6.45) is -0.620. The van der Waals surface area contributed by atoms with E-state index in [-0.39, 0.29) is 5.69 Å². The van der Waals surface area contributed by atoms with Gasteiger partial charge >= 0.3 is 5.97 Å². The fraction of sp³-hybridized carbons (Fsp3) is 0.235. The van der Waals surface area contributed by atoms with Gasteiger partial charge in [0.2, 0.25) is 0 Å². The predicted molar refractivity (Wildman–Crippen MR) is 84.4 cm³/mol. The van der Waals surface area contributed by atoms with Gasteiger partial charge in [0.05, 0.1) is 10.5 Å². The fourth-order valence-corrected chi connectivity index (χ4v) is 2.36. The first-order valence-corrected chi connectivity index (χ1v) is 7.39. The number of benzene rings is 2. The molecule has 2 aromatic carbocycles. The lowest BCUT2D eigenvalue weighted by Gasteiger charge is -2.19. The maximum atomic E-state index is 12.3. The number of nitro benzene ring substituents is 1. The monoisotopic (exact) mass is 329 g/mol. The van der Waals surface area contributed by atoms with Crippen LogP contribution in [0, 0.1) is 10.1 Å². The number of rotatable bonds is 4. The number of hydrogen-bond acceptors (Lipinski definition) is 6. The number of nitrogens with zero attached hydrogens (tertiary/aromatic N) is 1. The SMILES string of the molecule is CC(OC(=O)c1ccc2c(c1)OCCO2)c1cccc([N+](=O)[O-])c1. The Morgan fingerprint density at radius 2 is 1.92 bits per heavy atom. The summed E-state index contributed by atoms with van der Waals surface area (Å²) in [6.45, 7) is 2.56. The van der Waals surface area contributed by atoms with E-state index in [4.69, 9.17) is 14.2 Å². The zero-order valence-electron chi connectivity index (χ0n) is 12.9. The van der Waals surface area contributed by atoms with Gasteiger partial charge in [-0.15, -0.1) is 0 Å². The largest absolute Gasteiger partial charge is 0.486 e. The lowest BCUT2D eigenvalue weighted by Crippen LogP contribution is -2.16. The average Bonchev–Trinajstić information content (AvgIpc) is 2.61. The second kappa shape index (κ2) is 6.57. The van der Waals surface area contributed by atoms with Crippen molar-refractivity contribution in [3.05, 3.63) is 63.7 Å². The van der Waals surface area contributed by atoms with Gasteiger partial charge in [0.15, 0.2) is 11.5 Å². The Balaban J connectivity index is 1.74. The van der Waals surface area contributed by atoms with Crippen LogP contribution < -0.4 is 9.47 Å². The summed E-state index contributed by atoms with van der Waals surface area (Å²) < 4.78 is 16.2. The van der Waals surface area contributed by atoms with Crippen molar-refractivity contribution in [2.45, 2.75) is 13.0 Å². The van der Waals surface area contributed by atoms with Crippen molar-refractivity contribution in [3.8, 4) is 11.5 Å². The number of fused-ring (bicyclic) bond motifs is 1. The van der Waals surface area contributed by atoms with Gasteiger partial charge in [-0.25, -0.2) is 4.79 Å². The minimum absolute atomic E-state index is 0.0465. The van der Waals surface area contributed by atoms with E-state index in [1.165, 1.54) is 12.1 Å². The van der Waals surface area contributed by atoms with E-state index < -0.39 is 17.0 Å². The molecule has 3 rings (SSSR count). The molecule has 1 aliphatic rings. The molecule has 124 valence electrons. The number of non-ortho nitro benzene ring substituents is 1. The number of carbonyl (C=O) groups excluding carboxylic acids is 1. The Bertz CT molecular complexity index is 788. The highest BCUT2D eigenvalue weighted by molar-refractivity contribution is 5.90. The maximum absolute atomic E-state index is 12.3. The Morgan fingerprint density at radius 1 is 1.17 bits per heavy atom. The topological polar surface area (TPSA) is 87.9 Å². The van der Waals surface area contributed by atoms with E-state index in [1.54, 1.807) is 37.3 Å². The van der Waals surface area contributed by atoms with Crippen molar-refractivity contribution in [3.63, 3.8) is 0 Å². The van der Waals surface area contributed by atoms with Gasteiger partial charge in [-0.3, -0.25) is 10.1 Å². The van der Waals surface area contributed by atoms with E-state index in [9.17, 15) is 14.9 Å². The predicted octanol–water partition coefficient (Wildman–Crippen LogP) is 3.28. The zero-order chi connectivity index (χ0) is 17.1. The van der Waals surface area contributed by atoms with E-state index >= 15 is 0 Å². The molecule has 1 unspecified atom stereocenters. The highest BCUT2D eigenvalue weighted by Crippen LogP contribution is 2.31. The molecule has 0 spiro atoms. The molecule has 1 heterocycles. The fourth-order valence-electron chi connectivity index (χ4n) is 2.36. The molecule has 0 amide bonds. The van der Waals surface area contributed by atoms with Crippen LogP contribution in [0.4, 0.5) is 5.69 Å². The van der Waals surface area contributed by atoms with Gasteiger partial charge in [0.25, 0.3) is 5.69 Å². The third-order valence-corrected chi connectivity index (χ3v) is 3.61. The number of esters is 1. The van der Waals surface area contributed by atoms with Crippen molar-refractivity contribution >= 4 is 11.7 Å². The molecule has 1 aliphatic heterocycles. The number of ether oxygens (including phenoxy) is 3. The van der Waals surface area contributed by atoms with Crippen LogP contribution in [-0.2, 0) is 4.74 Å². The van der Waals surface area contributed by atoms with Crippen molar-refractivity contribution in [2.24, 2.45) is 0 Å². The molecule has 0 aliphatic carbocycles. The normalized spacial score (nSPS) is 13.9. The summed E-state index contributed by atoms with van der Waals surface area (Å²) in [4.78, 5) is 22.6. The summed E-state index contributed by atoms with van der Waals surface area (Å²) in [5.41, 5.74) is 0.835. The molecule has 0 fully saturated rings. The average molecular weight is 329 g/mol. The molecular weight excluding hydrogens is 314 g/mol. The van der Waals surface area contributed by atoms with E-state index in [0.717, 1.165) is 0 Å². The molecule has 0 saturated carbocycles. The van der Waals surface area contributed by atoms with Crippen molar-refractivity contribution < 1.29 is 23.9 Å². The Labute approximate surface area is 137 Å². The van der Waals surface area contributed by atoms with Crippen LogP contribution in [0.3, 0.4) is 0 Å². The molecule has 7 nitrogen and oxygen atoms in total. The molecule has 0 N–H and O–H groups in total. The molecule has 0 bridgehead atoms. The number of nitro groups is 1. The second-order valence-corrected chi connectivity index (χ2v) is 5.26. The molecule has 2 aromatic rings. The van der Waals surface area contributed by atoms with E-state index in [1.807, 2.05) is 0 Å². The quantitative estimate of drug-likeness (QED) is 0.486. The first kappa shape index (κ1) is 15.8.